The number of para-hydroxylation sites is 1. The van der Waals surface area contributed by atoms with Gasteiger partial charge in [0.1, 0.15) is 22.7 Å². The Hall–Kier alpha value is -3.67. The Morgan fingerprint density at radius 2 is 1.21 bits per heavy atom. The second kappa shape index (κ2) is 7.75. The van der Waals surface area contributed by atoms with Crippen molar-refractivity contribution in [3.63, 3.8) is 0 Å². The minimum atomic E-state index is -1.09. The van der Waals surface area contributed by atoms with Crippen molar-refractivity contribution in [2.75, 3.05) is 10.6 Å². The predicted octanol–water partition coefficient (Wildman–Crippen LogP) is 4.98. The number of hydrogen-bond donors (Lipinski definition) is 2. The molecule has 0 radical (unpaired) electrons. The lowest BCUT2D eigenvalue weighted by atomic mass is 10.0. The molecule has 146 valence electrons. The summed E-state index contributed by atoms with van der Waals surface area (Å²) in [5, 5.41) is 5.48. The van der Waals surface area contributed by atoms with Gasteiger partial charge < -0.3 is 15.4 Å². The van der Waals surface area contributed by atoms with Crippen molar-refractivity contribution in [2.24, 2.45) is 5.41 Å². The Morgan fingerprint density at radius 1 is 0.724 bits per heavy atom. The molecule has 4 rings (SSSR count). The van der Waals surface area contributed by atoms with Crippen LogP contribution in [0.15, 0.2) is 78.9 Å². The Labute approximate surface area is 167 Å². The van der Waals surface area contributed by atoms with E-state index in [1.165, 1.54) is 24.3 Å². The average molecular weight is 390 g/mol. The average Bonchev–Trinajstić information content (AvgIpc) is 3.54. The van der Waals surface area contributed by atoms with Crippen LogP contribution in [0.4, 0.5) is 15.8 Å². The molecule has 3 aromatic carbocycles. The summed E-state index contributed by atoms with van der Waals surface area (Å²) >= 11 is 0. The molecular formula is C23H19FN2O3. The zero-order chi connectivity index (χ0) is 20.3. The van der Waals surface area contributed by atoms with E-state index in [-0.39, 0.29) is 17.6 Å². The maximum Gasteiger partial charge on any atom is 0.240 e. The van der Waals surface area contributed by atoms with Gasteiger partial charge in [-0.2, -0.15) is 0 Å². The largest absolute Gasteiger partial charge is 0.457 e. The third-order valence-electron chi connectivity index (χ3n) is 4.81. The van der Waals surface area contributed by atoms with E-state index < -0.39 is 5.41 Å². The lowest BCUT2D eigenvalue weighted by Gasteiger charge is -2.16. The molecule has 1 saturated carbocycles. The summed E-state index contributed by atoms with van der Waals surface area (Å²) in [6.07, 6.45) is 0.947. The van der Waals surface area contributed by atoms with Gasteiger partial charge in [-0.05, 0) is 73.5 Å². The van der Waals surface area contributed by atoms with Gasteiger partial charge in [-0.15, -0.1) is 0 Å². The number of halogens is 1. The summed E-state index contributed by atoms with van der Waals surface area (Å²) in [7, 11) is 0. The molecule has 2 N–H and O–H groups in total. The number of anilines is 2. The molecule has 0 unspecified atom stereocenters. The van der Waals surface area contributed by atoms with Crippen LogP contribution >= 0.6 is 0 Å². The molecule has 6 heteroatoms. The standard InChI is InChI=1S/C23H19FN2O3/c24-16-6-8-17(9-7-16)25-21(27)23(14-15-23)22(28)26-18-10-12-20(13-11-18)29-19-4-2-1-3-5-19/h1-13H,14-15H2,(H,25,27)(H,26,28). The summed E-state index contributed by atoms with van der Waals surface area (Å²) in [5.41, 5.74) is -0.0534. The highest BCUT2D eigenvalue weighted by molar-refractivity contribution is 6.16. The zero-order valence-corrected chi connectivity index (χ0v) is 15.5. The number of rotatable bonds is 6. The summed E-state index contributed by atoms with van der Waals surface area (Å²) < 4.78 is 18.7. The number of nitrogens with one attached hydrogen (secondary N) is 2. The van der Waals surface area contributed by atoms with E-state index in [4.69, 9.17) is 4.74 Å². The first-order valence-corrected chi connectivity index (χ1v) is 9.27. The number of hydrogen-bond acceptors (Lipinski definition) is 3. The monoisotopic (exact) mass is 390 g/mol. The summed E-state index contributed by atoms with van der Waals surface area (Å²) in [6.45, 7) is 0. The fraction of sp³-hybridized carbons (Fsp3) is 0.130. The molecule has 0 aromatic heterocycles. The maximum atomic E-state index is 13.0. The first-order valence-electron chi connectivity index (χ1n) is 9.27. The van der Waals surface area contributed by atoms with Crippen LogP contribution in [0.5, 0.6) is 11.5 Å². The van der Waals surface area contributed by atoms with Crippen molar-refractivity contribution >= 4 is 23.2 Å². The van der Waals surface area contributed by atoms with Crippen LogP contribution in [0.2, 0.25) is 0 Å². The van der Waals surface area contributed by atoms with Crippen molar-refractivity contribution in [2.45, 2.75) is 12.8 Å². The van der Waals surface area contributed by atoms with Crippen LogP contribution in [-0.2, 0) is 9.59 Å². The Bertz CT molecular complexity index is 1010. The van der Waals surface area contributed by atoms with Gasteiger partial charge >= 0.3 is 0 Å². The highest BCUT2D eigenvalue weighted by Crippen LogP contribution is 2.47. The predicted molar refractivity (Wildman–Crippen MR) is 108 cm³/mol. The molecule has 0 aliphatic heterocycles. The molecule has 5 nitrogen and oxygen atoms in total. The second-order valence-corrected chi connectivity index (χ2v) is 6.94. The van der Waals surface area contributed by atoms with Crippen molar-refractivity contribution in [3.05, 3.63) is 84.7 Å². The zero-order valence-electron chi connectivity index (χ0n) is 15.5. The molecule has 1 aliphatic carbocycles. The number of ether oxygens (including phenoxy) is 1. The van der Waals surface area contributed by atoms with Gasteiger partial charge in [0.2, 0.25) is 11.8 Å². The van der Waals surface area contributed by atoms with E-state index >= 15 is 0 Å². The normalized spacial score (nSPS) is 14.0. The maximum absolute atomic E-state index is 13.0. The van der Waals surface area contributed by atoms with Crippen LogP contribution in [0, 0.1) is 11.2 Å². The summed E-state index contributed by atoms with van der Waals surface area (Å²) in [4.78, 5) is 25.3. The summed E-state index contributed by atoms with van der Waals surface area (Å²) in [5.74, 6) is 0.240. The minimum absolute atomic E-state index is 0.353. The van der Waals surface area contributed by atoms with Crippen molar-refractivity contribution in [3.8, 4) is 11.5 Å². The Morgan fingerprint density at radius 3 is 1.72 bits per heavy atom. The van der Waals surface area contributed by atoms with E-state index in [1.807, 2.05) is 30.3 Å². The highest BCUT2D eigenvalue weighted by atomic mass is 19.1. The minimum Gasteiger partial charge on any atom is -0.457 e. The topological polar surface area (TPSA) is 67.4 Å². The number of benzene rings is 3. The van der Waals surface area contributed by atoms with Gasteiger partial charge in [0.25, 0.3) is 0 Å². The van der Waals surface area contributed by atoms with E-state index in [9.17, 15) is 14.0 Å². The SMILES string of the molecule is O=C(Nc1ccc(F)cc1)C1(C(=O)Nc2ccc(Oc3ccccc3)cc2)CC1. The van der Waals surface area contributed by atoms with Crippen LogP contribution in [0.25, 0.3) is 0 Å². The van der Waals surface area contributed by atoms with Gasteiger partial charge in [0, 0.05) is 11.4 Å². The number of carbonyl (C=O) groups is 2. The van der Waals surface area contributed by atoms with Gasteiger partial charge in [-0.25, -0.2) is 4.39 Å². The third-order valence-corrected chi connectivity index (χ3v) is 4.81. The van der Waals surface area contributed by atoms with Gasteiger partial charge in [-0.3, -0.25) is 9.59 Å². The first-order chi connectivity index (χ1) is 14.0. The quantitative estimate of drug-likeness (QED) is 0.584. The molecule has 1 aliphatic rings. The molecule has 1 fully saturated rings. The van der Waals surface area contributed by atoms with Gasteiger partial charge in [-0.1, -0.05) is 18.2 Å². The molecular weight excluding hydrogens is 371 g/mol. The Kier molecular flexibility index (Phi) is 4.99. The van der Waals surface area contributed by atoms with Gasteiger partial charge in [0.15, 0.2) is 0 Å². The summed E-state index contributed by atoms with van der Waals surface area (Å²) in [6, 6.07) is 21.8. The lowest BCUT2D eigenvalue weighted by molar-refractivity contribution is -0.131. The Balaban J connectivity index is 1.38. The highest BCUT2D eigenvalue weighted by Gasteiger charge is 2.56. The second-order valence-electron chi connectivity index (χ2n) is 6.94. The molecule has 2 amide bonds. The van der Waals surface area contributed by atoms with Crippen LogP contribution in [0.3, 0.4) is 0 Å². The van der Waals surface area contributed by atoms with Crippen LogP contribution < -0.4 is 15.4 Å². The van der Waals surface area contributed by atoms with Crippen molar-refractivity contribution in [1.82, 2.24) is 0 Å². The lowest BCUT2D eigenvalue weighted by Crippen LogP contribution is -2.35. The smallest absolute Gasteiger partial charge is 0.240 e. The number of carbonyl (C=O) groups excluding carboxylic acids is 2. The van der Waals surface area contributed by atoms with Gasteiger partial charge in [0.05, 0.1) is 0 Å². The van der Waals surface area contributed by atoms with E-state index in [1.54, 1.807) is 24.3 Å². The molecule has 3 aromatic rings. The third kappa shape index (κ3) is 4.27. The first kappa shape index (κ1) is 18.7. The van der Waals surface area contributed by atoms with Crippen LogP contribution in [0.1, 0.15) is 12.8 Å². The molecule has 0 spiro atoms. The van der Waals surface area contributed by atoms with Crippen molar-refractivity contribution in [1.29, 1.82) is 0 Å². The molecule has 0 atom stereocenters. The fourth-order valence-electron chi connectivity index (χ4n) is 2.95. The number of amides is 2. The van der Waals surface area contributed by atoms with Crippen LogP contribution in [-0.4, -0.2) is 11.8 Å². The van der Waals surface area contributed by atoms with Crippen molar-refractivity contribution < 1.29 is 18.7 Å². The molecule has 29 heavy (non-hydrogen) atoms. The fourth-order valence-corrected chi connectivity index (χ4v) is 2.95. The molecule has 0 heterocycles. The molecule has 0 saturated heterocycles. The van der Waals surface area contributed by atoms with E-state index in [0.29, 0.717) is 30.0 Å². The molecule has 0 bridgehead atoms. The van der Waals surface area contributed by atoms with E-state index in [0.717, 1.165) is 5.75 Å². The van der Waals surface area contributed by atoms with E-state index in [2.05, 4.69) is 10.6 Å².